The Labute approximate surface area is 98.8 Å². The van der Waals surface area contributed by atoms with Gasteiger partial charge in [0.15, 0.2) is 0 Å². The van der Waals surface area contributed by atoms with E-state index in [1.807, 2.05) is 26.0 Å². The minimum atomic E-state index is 0.268. The molecular formula is C11H12ClN3O. The fourth-order valence-corrected chi connectivity index (χ4v) is 1.37. The van der Waals surface area contributed by atoms with Crippen molar-refractivity contribution >= 4 is 11.6 Å². The van der Waals surface area contributed by atoms with Crippen LogP contribution in [0.3, 0.4) is 0 Å². The van der Waals surface area contributed by atoms with E-state index >= 15 is 0 Å². The quantitative estimate of drug-likeness (QED) is 0.822. The lowest BCUT2D eigenvalue weighted by molar-refractivity contribution is 0.426. The molecule has 0 radical (unpaired) electrons. The van der Waals surface area contributed by atoms with Crippen LogP contribution in [0.5, 0.6) is 11.8 Å². The van der Waals surface area contributed by atoms with Gasteiger partial charge in [0.05, 0.1) is 0 Å². The molecule has 0 bridgehead atoms. The zero-order chi connectivity index (χ0) is 11.5. The van der Waals surface area contributed by atoms with Crippen molar-refractivity contribution in [2.75, 3.05) is 0 Å². The molecule has 1 aromatic heterocycles. The predicted molar refractivity (Wildman–Crippen MR) is 61.9 cm³/mol. The topological polar surface area (TPSA) is 39.9 Å². The highest BCUT2D eigenvalue weighted by molar-refractivity contribution is 6.30. The standard InChI is InChI=1S/C11H12ClN3O/c1-8(2)15-7-13-11(14-15)16-10-5-3-4-9(12)6-10/h3-8H,1-2H3. The summed E-state index contributed by atoms with van der Waals surface area (Å²) < 4.78 is 7.20. The molecular weight excluding hydrogens is 226 g/mol. The summed E-state index contributed by atoms with van der Waals surface area (Å²) >= 11 is 5.84. The molecule has 0 aliphatic heterocycles. The van der Waals surface area contributed by atoms with Crippen molar-refractivity contribution in [1.82, 2.24) is 14.8 Å². The average Bonchev–Trinajstić information content (AvgIpc) is 2.66. The van der Waals surface area contributed by atoms with Gasteiger partial charge in [0, 0.05) is 11.1 Å². The van der Waals surface area contributed by atoms with E-state index in [1.54, 1.807) is 23.1 Å². The van der Waals surface area contributed by atoms with Gasteiger partial charge in [-0.1, -0.05) is 17.7 Å². The molecule has 1 heterocycles. The molecule has 0 saturated carbocycles. The van der Waals surface area contributed by atoms with Gasteiger partial charge in [0.1, 0.15) is 12.1 Å². The number of rotatable bonds is 3. The Balaban J connectivity index is 2.14. The third-order valence-corrected chi connectivity index (χ3v) is 2.26. The lowest BCUT2D eigenvalue weighted by Gasteiger charge is -2.03. The lowest BCUT2D eigenvalue weighted by Crippen LogP contribution is -2.00. The van der Waals surface area contributed by atoms with Gasteiger partial charge < -0.3 is 4.74 Å². The van der Waals surface area contributed by atoms with E-state index in [4.69, 9.17) is 16.3 Å². The van der Waals surface area contributed by atoms with E-state index in [0.717, 1.165) is 0 Å². The van der Waals surface area contributed by atoms with Crippen LogP contribution >= 0.6 is 11.6 Å². The van der Waals surface area contributed by atoms with Gasteiger partial charge in [-0.25, -0.2) is 4.68 Å². The van der Waals surface area contributed by atoms with Crippen LogP contribution in [-0.2, 0) is 0 Å². The predicted octanol–water partition coefficient (Wildman–Crippen LogP) is 3.30. The third kappa shape index (κ3) is 2.52. The highest BCUT2D eigenvalue weighted by Crippen LogP contribution is 2.21. The fourth-order valence-electron chi connectivity index (χ4n) is 1.19. The van der Waals surface area contributed by atoms with Crippen molar-refractivity contribution in [3.8, 4) is 11.8 Å². The summed E-state index contributed by atoms with van der Waals surface area (Å²) in [6, 6.07) is 7.73. The van der Waals surface area contributed by atoms with Crippen LogP contribution < -0.4 is 4.74 Å². The summed E-state index contributed by atoms with van der Waals surface area (Å²) in [5.41, 5.74) is 0. The van der Waals surface area contributed by atoms with Gasteiger partial charge in [-0.3, -0.25) is 0 Å². The molecule has 0 aliphatic rings. The Morgan fingerprint density at radius 2 is 2.19 bits per heavy atom. The average molecular weight is 238 g/mol. The molecule has 16 heavy (non-hydrogen) atoms. The van der Waals surface area contributed by atoms with E-state index in [1.165, 1.54) is 0 Å². The number of halogens is 1. The van der Waals surface area contributed by atoms with Crippen molar-refractivity contribution in [3.05, 3.63) is 35.6 Å². The number of aromatic nitrogens is 3. The molecule has 5 heteroatoms. The largest absolute Gasteiger partial charge is 0.423 e. The third-order valence-electron chi connectivity index (χ3n) is 2.02. The summed E-state index contributed by atoms with van der Waals surface area (Å²) in [6.07, 6.45) is 1.64. The number of benzene rings is 1. The zero-order valence-corrected chi connectivity index (χ0v) is 9.85. The Bertz CT molecular complexity index is 482. The molecule has 0 saturated heterocycles. The smallest absolute Gasteiger partial charge is 0.340 e. The Kier molecular flexibility index (Phi) is 3.10. The van der Waals surface area contributed by atoms with Gasteiger partial charge in [-0.15, -0.1) is 5.10 Å². The molecule has 1 aromatic carbocycles. The summed E-state index contributed by atoms with van der Waals surface area (Å²) in [6.45, 7) is 4.05. The SMILES string of the molecule is CC(C)n1cnc(Oc2cccc(Cl)c2)n1. The second-order valence-corrected chi connectivity index (χ2v) is 4.10. The van der Waals surface area contributed by atoms with E-state index in [-0.39, 0.29) is 6.04 Å². The van der Waals surface area contributed by atoms with Crippen LogP contribution in [0, 0.1) is 0 Å². The Morgan fingerprint density at radius 3 is 2.81 bits per heavy atom. The van der Waals surface area contributed by atoms with Crippen molar-refractivity contribution in [3.63, 3.8) is 0 Å². The molecule has 2 aromatic rings. The molecule has 0 fully saturated rings. The first-order valence-electron chi connectivity index (χ1n) is 5.00. The highest BCUT2D eigenvalue weighted by Gasteiger charge is 2.05. The maximum atomic E-state index is 5.84. The maximum absolute atomic E-state index is 5.84. The molecule has 0 atom stereocenters. The molecule has 2 rings (SSSR count). The van der Waals surface area contributed by atoms with Crippen molar-refractivity contribution in [2.24, 2.45) is 0 Å². The van der Waals surface area contributed by atoms with Gasteiger partial charge in [0.25, 0.3) is 0 Å². The van der Waals surface area contributed by atoms with Crippen LogP contribution in [-0.4, -0.2) is 14.8 Å². The lowest BCUT2D eigenvalue weighted by atomic mass is 10.3. The zero-order valence-electron chi connectivity index (χ0n) is 9.09. The van der Waals surface area contributed by atoms with Crippen molar-refractivity contribution in [1.29, 1.82) is 0 Å². The summed E-state index contributed by atoms with van der Waals surface area (Å²) in [7, 11) is 0. The molecule has 0 N–H and O–H groups in total. The monoisotopic (exact) mass is 237 g/mol. The minimum absolute atomic E-state index is 0.268. The Hall–Kier alpha value is -1.55. The van der Waals surface area contributed by atoms with Crippen molar-refractivity contribution < 1.29 is 4.74 Å². The van der Waals surface area contributed by atoms with Crippen LogP contribution in [0.15, 0.2) is 30.6 Å². The number of ether oxygens (including phenoxy) is 1. The number of nitrogens with zero attached hydrogens (tertiary/aromatic N) is 3. The van der Waals surface area contributed by atoms with E-state index in [2.05, 4.69) is 10.1 Å². The Morgan fingerprint density at radius 1 is 1.38 bits per heavy atom. The first-order chi connectivity index (χ1) is 7.65. The summed E-state index contributed by atoms with van der Waals surface area (Å²) in [4.78, 5) is 4.05. The first-order valence-corrected chi connectivity index (χ1v) is 5.37. The van der Waals surface area contributed by atoms with E-state index < -0.39 is 0 Å². The second-order valence-electron chi connectivity index (χ2n) is 3.66. The van der Waals surface area contributed by atoms with Crippen LogP contribution in [0.4, 0.5) is 0 Å². The van der Waals surface area contributed by atoms with E-state index in [0.29, 0.717) is 16.8 Å². The summed E-state index contributed by atoms with van der Waals surface area (Å²) in [5, 5.41) is 4.80. The highest BCUT2D eigenvalue weighted by atomic mass is 35.5. The molecule has 0 spiro atoms. The fraction of sp³-hybridized carbons (Fsp3) is 0.273. The first kappa shape index (κ1) is 11.0. The van der Waals surface area contributed by atoms with Gasteiger partial charge in [-0.05, 0) is 32.0 Å². The van der Waals surface area contributed by atoms with Crippen LogP contribution in [0.2, 0.25) is 5.02 Å². The van der Waals surface area contributed by atoms with E-state index in [9.17, 15) is 0 Å². The van der Waals surface area contributed by atoms with Crippen molar-refractivity contribution in [2.45, 2.75) is 19.9 Å². The molecule has 84 valence electrons. The van der Waals surface area contributed by atoms with Gasteiger partial charge >= 0.3 is 6.01 Å². The maximum Gasteiger partial charge on any atom is 0.340 e. The second kappa shape index (κ2) is 4.53. The molecule has 0 amide bonds. The molecule has 0 unspecified atom stereocenters. The van der Waals surface area contributed by atoms with Gasteiger partial charge in [0.2, 0.25) is 0 Å². The van der Waals surface area contributed by atoms with Crippen LogP contribution in [0.25, 0.3) is 0 Å². The minimum Gasteiger partial charge on any atom is -0.423 e. The normalized spacial score (nSPS) is 10.8. The van der Waals surface area contributed by atoms with Crippen LogP contribution in [0.1, 0.15) is 19.9 Å². The number of hydrogen-bond acceptors (Lipinski definition) is 3. The molecule has 0 aliphatic carbocycles. The van der Waals surface area contributed by atoms with Gasteiger partial charge in [-0.2, -0.15) is 4.98 Å². The summed E-state index contributed by atoms with van der Waals surface area (Å²) in [5.74, 6) is 0.633. The number of hydrogen-bond donors (Lipinski definition) is 0. The molecule has 4 nitrogen and oxygen atoms in total.